The van der Waals surface area contributed by atoms with Gasteiger partial charge in [-0.25, -0.2) is 0 Å². The Morgan fingerprint density at radius 1 is 1.09 bits per heavy atom. The lowest BCUT2D eigenvalue weighted by molar-refractivity contribution is -0.149. The molecule has 2 saturated heterocycles. The number of hydrogen-bond donors (Lipinski definition) is 5. The van der Waals surface area contributed by atoms with Crippen molar-refractivity contribution in [2.75, 3.05) is 0 Å². The van der Waals surface area contributed by atoms with Gasteiger partial charge in [-0.15, -0.1) is 0 Å². The Labute approximate surface area is 183 Å². The molecule has 164 valence electrons. The lowest BCUT2D eigenvalue weighted by Crippen LogP contribution is -2.57. The van der Waals surface area contributed by atoms with Gasteiger partial charge in [0.15, 0.2) is 0 Å². The lowest BCUT2D eigenvalue weighted by Gasteiger charge is -2.30. The summed E-state index contributed by atoms with van der Waals surface area (Å²) in [5.41, 5.74) is 1.85. The molecule has 4 unspecified atom stereocenters. The number of carboxylic acid groups (broad SMARTS) is 1. The Bertz CT molecular complexity index is 1270. The molecule has 0 radical (unpaired) electrons. The van der Waals surface area contributed by atoms with Gasteiger partial charge in [0.25, 0.3) is 0 Å². The zero-order valence-corrected chi connectivity index (χ0v) is 17.6. The second kappa shape index (κ2) is 6.93. The highest BCUT2D eigenvalue weighted by Gasteiger charge is 2.66. The number of H-pyrrole nitrogens is 1. The van der Waals surface area contributed by atoms with Crippen molar-refractivity contribution in [2.45, 2.75) is 31.8 Å². The minimum Gasteiger partial charge on any atom is -0.507 e. The molecule has 2 aliphatic heterocycles. The summed E-state index contributed by atoms with van der Waals surface area (Å²) < 4.78 is 0. The van der Waals surface area contributed by atoms with E-state index in [-0.39, 0.29) is 12.2 Å². The van der Waals surface area contributed by atoms with Gasteiger partial charge in [0.1, 0.15) is 11.3 Å². The van der Waals surface area contributed by atoms with E-state index in [1.54, 1.807) is 32.2 Å². The summed E-state index contributed by atoms with van der Waals surface area (Å²) in [6.07, 6.45) is 1.78. The van der Waals surface area contributed by atoms with Crippen LogP contribution in [0.3, 0.4) is 0 Å². The number of carbonyl (C=O) groups excluding carboxylic acids is 2. The van der Waals surface area contributed by atoms with Gasteiger partial charge < -0.3 is 15.2 Å². The maximum atomic E-state index is 12.9. The van der Waals surface area contributed by atoms with Crippen molar-refractivity contribution in [3.05, 3.63) is 64.8 Å². The number of aromatic amines is 1. The minimum atomic E-state index is -1.67. The first-order chi connectivity index (χ1) is 15.2. The fraction of sp³-hybridized carbons (Fsp3) is 0.292. The van der Waals surface area contributed by atoms with Crippen LogP contribution in [-0.2, 0) is 20.8 Å². The number of aromatic hydroxyl groups is 1. The average Bonchev–Trinajstić information content (AvgIpc) is 3.40. The maximum Gasteiger partial charge on any atom is 0.325 e. The Balaban J connectivity index is 1.65. The molecule has 32 heavy (non-hydrogen) atoms. The quantitative estimate of drug-likeness (QED) is 0.401. The third kappa shape index (κ3) is 2.76. The Morgan fingerprint density at radius 2 is 1.78 bits per heavy atom. The number of aryl methyl sites for hydroxylation is 2. The Hall–Kier alpha value is -3.65. The third-order valence-electron chi connectivity index (χ3n) is 6.89. The Kier molecular flexibility index (Phi) is 4.39. The molecule has 0 bridgehead atoms. The van der Waals surface area contributed by atoms with E-state index >= 15 is 0 Å². The number of rotatable bonds is 4. The van der Waals surface area contributed by atoms with Gasteiger partial charge in [0, 0.05) is 29.6 Å². The third-order valence-corrected chi connectivity index (χ3v) is 6.89. The highest BCUT2D eigenvalue weighted by molar-refractivity contribution is 6.09. The van der Waals surface area contributed by atoms with Crippen LogP contribution in [0.2, 0.25) is 0 Å². The first-order valence-electron chi connectivity index (χ1n) is 10.4. The topological polar surface area (TPSA) is 132 Å². The average molecular weight is 433 g/mol. The molecule has 0 saturated carbocycles. The van der Waals surface area contributed by atoms with E-state index in [0.717, 1.165) is 16.5 Å². The molecule has 8 heteroatoms. The molecule has 3 heterocycles. The number of fused-ring (bicyclic) bond motifs is 2. The minimum absolute atomic E-state index is 0.0285. The molecule has 5 N–H and O–H groups in total. The van der Waals surface area contributed by atoms with Gasteiger partial charge in [-0.2, -0.15) is 0 Å². The first kappa shape index (κ1) is 20.3. The molecule has 3 aromatic rings. The summed E-state index contributed by atoms with van der Waals surface area (Å²) in [5.74, 6) is -4.03. The predicted octanol–water partition coefficient (Wildman–Crippen LogP) is 2.09. The summed E-state index contributed by atoms with van der Waals surface area (Å²) in [4.78, 5) is 41.5. The summed E-state index contributed by atoms with van der Waals surface area (Å²) in [6.45, 7) is 3.49. The van der Waals surface area contributed by atoms with E-state index in [2.05, 4.69) is 15.6 Å². The molecule has 4 atom stereocenters. The van der Waals surface area contributed by atoms with E-state index in [1.165, 1.54) is 0 Å². The molecule has 2 fully saturated rings. The first-order valence-corrected chi connectivity index (χ1v) is 10.4. The maximum absolute atomic E-state index is 12.9. The van der Waals surface area contributed by atoms with Crippen molar-refractivity contribution in [3.8, 4) is 5.75 Å². The van der Waals surface area contributed by atoms with Crippen molar-refractivity contribution < 1.29 is 24.6 Å². The number of phenols is 1. The number of benzene rings is 2. The lowest BCUT2D eigenvalue weighted by atomic mass is 9.76. The zero-order valence-electron chi connectivity index (χ0n) is 17.6. The van der Waals surface area contributed by atoms with Gasteiger partial charge in [-0.1, -0.05) is 30.3 Å². The van der Waals surface area contributed by atoms with Gasteiger partial charge >= 0.3 is 5.97 Å². The van der Waals surface area contributed by atoms with Crippen LogP contribution in [0, 0.1) is 25.7 Å². The molecule has 2 amide bonds. The number of para-hydroxylation sites is 1. The summed E-state index contributed by atoms with van der Waals surface area (Å²) in [5, 5.41) is 27.0. The van der Waals surface area contributed by atoms with E-state index in [4.69, 9.17) is 0 Å². The number of hydrogen-bond acceptors (Lipinski definition) is 5. The van der Waals surface area contributed by atoms with Gasteiger partial charge in [-0.05, 0) is 42.2 Å². The summed E-state index contributed by atoms with van der Waals surface area (Å²) in [7, 11) is 0. The standard InChI is InChI=1S/C24H23N3O5/c1-11-7-13(8-12(2)20(11)28)19-17-18(22(30)26-21(17)29)24(27-19,23(31)32)9-14-10-25-16-6-4-3-5-15(14)16/h3-8,10,17-19,25,27-28H,9H2,1-2H3,(H,31,32)(H,26,29,30). The van der Waals surface area contributed by atoms with E-state index < -0.39 is 41.2 Å². The molecule has 0 spiro atoms. The second-order valence-electron chi connectivity index (χ2n) is 8.80. The molecule has 2 aliphatic rings. The number of imide groups is 1. The molecule has 0 aliphatic carbocycles. The molecular formula is C24H23N3O5. The van der Waals surface area contributed by atoms with Crippen LogP contribution in [0.4, 0.5) is 0 Å². The van der Waals surface area contributed by atoms with Crippen molar-refractivity contribution in [1.29, 1.82) is 0 Å². The number of carbonyl (C=O) groups is 3. The summed E-state index contributed by atoms with van der Waals surface area (Å²) in [6, 6.07) is 10.3. The van der Waals surface area contributed by atoms with Crippen molar-refractivity contribution >= 4 is 28.7 Å². The van der Waals surface area contributed by atoms with Crippen LogP contribution in [0.5, 0.6) is 5.75 Å². The van der Waals surface area contributed by atoms with Crippen molar-refractivity contribution in [3.63, 3.8) is 0 Å². The van der Waals surface area contributed by atoms with Crippen LogP contribution in [0.1, 0.15) is 28.3 Å². The van der Waals surface area contributed by atoms with Gasteiger partial charge in [0.05, 0.1) is 11.8 Å². The Morgan fingerprint density at radius 3 is 2.47 bits per heavy atom. The van der Waals surface area contributed by atoms with Crippen molar-refractivity contribution in [2.24, 2.45) is 11.8 Å². The highest BCUT2D eigenvalue weighted by atomic mass is 16.4. The largest absolute Gasteiger partial charge is 0.507 e. The normalized spacial score (nSPS) is 27.0. The number of aromatic nitrogens is 1. The monoisotopic (exact) mass is 433 g/mol. The van der Waals surface area contributed by atoms with Crippen LogP contribution in [0.25, 0.3) is 10.9 Å². The highest BCUT2D eigenvalue weighted by Crippen LogP contribution is 2.48. The number of nitrogens with one attached hydrogen (secondary N) is 3. The second-order valence-corrected chi connectivity index (χ2v) is 8.80. The van der Waals surface area contributed by atoms with E-state index in [0.29, 0.717) is 16.7 Å². The number of amides is 2. The fourth-order valence-electron chi connectivity index (χ4n) is 5.40. The van der Waals surface area contributed by atoms with E-state index in [9.17, 15) is 24.6 Å². The van der Waals surface area contributed by atoms with Crippen LogP contribution >= 0.6 is 0 Å². The molecule has 2 aromatic carbocycles. The van der Waals surface area contributed by atoms with Crippen LogP contribution < -0.4 is 10.6 Å². The predicted molar refractivity (Wildman–Crippen MR) is 116 cm³/mol. The van der Waals surface area contributed by atoms with Crippen LogP contribution in [0.15, 0.2) is 42.6 Å². The molecule has 5 rings (SSSR count). The number of phenolic OH excluding ortho intramolecular Hbond substituents is 1. The van der Waals surface area contributed by atoms with Crippen LogP contribution in [-0.4, -0.2) is 38.5 Å². The SMILES string of the molecule is Cc1cc(C2NC(Cc3c[nH]c4ccccc34)(C(=O)O)C3C(=O)NC(=O)C23)cc(C)c1O. The molecular weight excluding hydrogens is 410 g/mol. The van der Waals surface area contributed by atoms with Crippen molar-refractivity contribution in [1.82, 2.24) is 15.6 Å². The van der Waals surface area contributed by atoms with Gasteiger partial charge in [0.2, 0.25) is 11.8 Å². The van der Waals surface area contributed by atoms with E-state index in [1.807, 2.05) is 24.3 Å². The van der Waals surface area contributed by atoms with Gasteiger partial charge in [-0.3, -0.25) is 25.0 Å². The fourth-order valence-corrected chi connectivity index (χ4v) is 5.40. The number of carboxylic acids is 1. The molecule has 8 nitrogen and oxygen atoms in total. The smallest absolute Gasteiger partial charge is 0.325 e. The summed E-state index contributed by atoms with van der Waals surface area (Å²) >= 11 is 0. The molecule has 1 aromatic heterocycles. The number of aliphatic carboxylic acids is 1. The zero-order chi connectivity index (χ0) is 22.8.